The molecule has 100 valence electrons. The van der Waals surface area contributed by atoms with Crippen molar-refractivity contribution in [1.29, 1.82) is 0 Å². The summed E-state index contributed by atoms with van der Waals surface area (Å²) in [6, 6.07) is 8.68. The molecule has 0 radical (unpaired) electrons. The molecule has 4 N–H and O–H groups in total. The summed E-state index contributed by atoms with van der Waals surface area (Å²) in [5, 5.41) is 23.6. The van der Waals surface area contributed by atoms with Crippen molar-refractivity contribution >= 4 is 5.91 Å². The maximum atomic E-state index is 10.7. The topological polar surface area (TPSA) is 101 Å². The molecular formula is C13H15N3O3. The summed E-state index contributed by atoms with van der Waals surface area (Å²) in [7, 11) is 0. The fourth-order valence-corrected chi connectivity index (χ4v) is 1.79. The van der Waals surface area contributed by atoms with E-state index in [0.29, 0.717) is 5.56 Å². The molecule has 6 heteroatoms. The van der Waals surface area contributed by atoms with Crippen molar-refractivity contribution in [2.75, 3.05) is 0 Å². The van der Waals surface area contributed by atoms with Crippen LogP contribution in [-0.4, -0.2) is 32.0 Å². The summed E-state index contributed by atoms with van der Waals surface area (Å²) in [5.41, 5.74) is 6.33. The Bertz CT molecular complexity index is 537. The van der Waals surface area contributed by atoms with Crippen LogP contribution in [0.1, 0.15) is 18.1 Å². The van der Waals surface area contributed by atoms with Gasteiger partial charge in [0.1, 0.15) is 6.10 Å². The normalized spacial score (nSPS) is 14.0. The molecule has 2 rings (SSSR count). The highest BCUT2D eigenvalue weighted by molar-refractivity contribution is 5.74. The van der Waals surface area contributed by atoms with Gasteiger partial charge in [0.2, 0.25) is 5.91 Å². The average molecular weight is 261 g/mol. The number of hydrogen-bond donors (Lipinski definition) is 3. The lowest BCUT2D eigenvalue weighted by Gasteiger charge is -2.17. The van der Waals surface area contributed by atoms with Crippen LogP contribution in [0.25, 0.3) is 5.69 Å². The highest BCUT2D eigenvalue weighted by Gasteiger charge is 2.20. The zero-order valence-electron chi connectivity index (χ0n) is 10.2. The molecule has 1 amide bonds. The van der Waals surface area contributed by atoms with Crippen LogP contribution in [0.4, 0.5) is 0 Å². The lowest BCUT2D eigenvalue weighted by atomic mass is 10.0. The van der Waals surface area contributed by atoms with Gasteiger partial charge in [-0.2, -0.15) is 5.10 Å². The number of aliphatic hydroxyl groups excluding tert-OH is 2. The number of hydrogen-bond acceptors (Lipinski definition) is 4. The molecule has 0 saturated heterocycles. The lowest BCUT2D eigenvalue weighted by Crippen LogP contribution is -2.25. The first-order chi connectivity index (χ1) is 9.08. The van der Waals surface area contributed by atoms with Crippen LogP contribution in [-0.2, 0) is 4.79 Å². The number of nitrogens with two attached hydrogens (primary N) is 1. The van der Waals surface area contributed by atoms with Gasteiger partial charge >= 0.3 is 0 Å². The highest BCUT2D eigenvalue weighted by Crippen LogP contribution is 2.20. The minimum Gasteiger partial charge on any atom is -0.390 e. The molecule has 19 heavy (non-hydrogen) atoms. The van der Waals surface area contributed by atoms with Crippen molar-refractivity contribution in [3.63, 3.8) is 0 Å². The summed E-state index contributed by atoms with van der Waals surface area (Å²) >= 11 is 0. The fraction of sp³-hybridized carbons (Fsp3) is 0.231. The second-order valence-corrected chi connectivity index (χ2v) is 4.22. The van der Waals surface area contributed by atoms with Gasteiger partial charge in [0.05, 0.1) is 18.2 Å². The zero-order valence-corrected chi connectivity index (χ0v) is 10.2. The SMILES string of the molecule is NC(=O)CC(O)C(O)c1ccc(-n2cccn2)cc1. The van der Waals surface area contributed by atoms with Crippen molar-refractivity contribution in [1.82, 2.24) is 9.78 Å². The van der Waals surface area contributed by atoms with Crippen LogP contribution in [0.5, 0.6) is 0 Å². The molecular weight excluding hydrogens is 246 g/mol. The molecule has 0 aliphatic heterocycles. The second-order valence-electron chi connectivity index (χ2n) is 4.22. The van der Waals surface area contributed by atoms with Gasteiger partial charge in [0, 0.05) is 12.4 Å². The Morgan fingerprint density at radius 2 is 2.00 bits per heavy atom. The molecule has 2 aromatic rings. The van der Waals surface area contributed by atoms with E-state index in [1.165, 1.54) is 0 Å². The van der Waals surface area contributed by atoms with E-state index in [0.717, 1.165) is 5.69 Å². The van der Waals surface area contributed by atoms with Gasteiger partial charge in [-0.3, -0.25) is 4.79 Å². The minimum atomic E-state index is -1.20. The third kappa shape index (κ3) is 3.18. The van der Waals surface area contributed by atoms with E-state index >= 15 is 0 Å². The molecule has 2 atom stereocenters. The minimum absolute atomic E-state index is 0.276. The number of carbonyl (C=O) groups is 1. The number of rotatable bonds is 5. The first kappa shape index (κ1) is 13.3. The summed E-state index contributed by atoms with van der Waals surface area (Å²) in [4.78, 5) is 10.7. The van der Waals surface area contributed by atoms with Crippen LogP contribution in [0.15, 0.2) is 42.7 Å². The Hall–Kier alpha value is -2.18. The standard InChI is InChI=1S/C13H15N3O3/c14-12(18)8-11(17)13(19)9-2-4-10(5-3-9)16-7-1-6-15-16/h1-7,11,13,17,19H,8H2,(H2,14,18). The van der Waals surface area contributed by atoms with Gasteiger partial charge < -0.3 is 15.9 Å². The number of nitrogens with zero attached hydrogens (tertiary/aromatic N) is 2. The van der Waals surface area contributed by atoms with Gasteiger partial charge in [-0.25, -0.2) is 4.68 Å². The number of amides is 1. The number of aromatic nitrogens is 2. The molecule has 0 spiro atoms. The largest absolute Gasteiger partial charge is 0.390 e. The van der Waals surface area contributed by atoms with Crippen LogP contribution in [0.2, 0.25) is 0 Å². The van der Waals surface area contributed by atoms with E-state index in [1.807, 2.05) is 0 Å². The third-order valence-electron chi connectivity index (χ3n) is 2.78. The molecule has 0 aliphatic rings. The second kappa shape index (κ2) is 5.64. The van der Waals surface area contributed by atoms with Crippen molar-refractivity contribution in [2.45, 2.75) is 18.6 Å². The first-order valence-corrected chi connectivity index (χ1v) is 5.82. The first-order valence-electron chi connectivity index (χ1n) is 5.82. The Balaban J connectivity index is 2.12. The summed E-state index contributed by atoms with van der Waals surface area (Å²) in [6.45, 7) is 0. The summed E-state index contributed by atoms with van der Waals surface area (Å²) in [6.07, 6.45) is 0.849. The van der Waals surface area contributed by atoms with E-state index < -0.39 is 18.1 Å². The number of aliphatic hydroxyl groups is 2. The van der Waals surface area contributed by atoms with Crippen molar-refractivity contribution < 1.29 is 15.0 Å². The predicted octanol–water partition coefficient (Wildman–Crippen LogP) is 0.142. The monoisotopic (exact) mass is 261 g/mol. The van der Waals surface area contributed by atoms with E-state index in [1.54, 1.807) is 47.4 Å². The van der Waals surface area contributed by atoms with Crippen LogP contribution in [0.3, 0.4) is 0 Å². The molecule has 6 nitrogen and oxygen atoms in total. The summed E-state index contributed by atoms with van der Waals surface area (Å²) < 4.78 is 1.68. The Kier molecular flexibility index (Phi) is 3.94. The molecule has 1 aromatic heterocycles. The van der Waals surface area contributed by atoms with Gasteiger partial charge in [0.25, 0.3) is 0 Å². The van der Waals surface area contributed by atoms with E-state index in [-0.39, 0.29) is 6.42 Å². The maximum absolute atomic E-state index is 10.7. The predicted molar refractivity (Wildman–Crippen MR) is 68.3 cm³/mol. The van der Waals surface area contributed by atoms with Gasteiger partial charge in [-0.1, -0.05) is 12.1 Å². The molecule has 0 fully saturated rings. The van der Waals surface area contributed by atoms with Gasteiger partial charge in [-0.05, 0) is 23.8 Å². The van der Waals surface area contributed by atoms with Crippen molar-refractivity contribution in [3.05, 3.63) is 48.3 Å². The third-order valence-corrected chi connectivity index (χ3v) is 2.78. The van der Waals surface area contributed by atoms with Crippen LogP contribution in [0, 0.1) is 0 Å². The molecule has 0 saturated carbocycles. The molecule has 2 unspecified atom stereocenters. The number of carbonyl (C=O) groups excluding carboxylic acids is 1. The van der Waals surface area contributed by atoms with E-state index in [9.17, 15) is 15.0 Å². The smallest absolute Gasteiger partial charge is 0.220 e. The van der Waals surface area contributed by atoms with E-state index in [4.69, 9.17) is 5.73 Å². The Morgan fingerprint density at radius 1 is 1.32 bits per heavy atom. The molecule has 1 heterocycles. The van der Waals surface area contributed by atoms with Crippen LogP contribution < -0.4 is 5.73 Å². The highest BCUT2D eigenvalue weighted by atomic mass is 16.3. The molecule has 0 bridgehead atoms. The Morgan fingerprint density at radius 3 is 2.53 bits per heavy atom. The molecule has 0 aliphatic carbocycles. The zero-order chi connectivity index (χ0) is 13.8. The number of benzene rings is 1. The van der Waals surface area contributed by atoms with Gasteiger partial charge in [0.15, 0.2) is 0 Å². The van der Waals surface area contributed by atoms with Crippen LogP contribution >= 0.6 is 0 Å². The Labute approximate surface area is 110 Å². The lowest BCUT2D eigenvalue weighted by molar-refractivity contribution is -0.121. The molecule has 1 aromatic carbocycles. The van der Waals surface area contributed by atoms with Gasteiger partial charge in [-0.15, -0.1) is 0 Å². The van der Waals surface area contributed by atoms with E-state index in [2.05, 4.69) is 5.10 Å². The maximum Gasteiger partial charge on any atom is 0.220 e. The van der Waals surface area contributed by atoms with Crippen molar-refractivity contribution in [2.24, 2.45) is 5.73 Å². The average Bonchev–Trinajstić information content (AvgIpc) is 2.91. The number of primary amides is 1. The summed E-state index contributed by atoms with van der Waals surface area (Å²) in [5.74, 6) is -0.653. The quantitative estimate of drug-likeness (QED) is 0.712. The fourth-order valence-electron chi connectivity index (χ4n) is 1.79. The van der Waals surface area contributed by atoms with Crippen molar-refractivity contribution in [3.8, 4) is 5.69 Å².